The molecule has 118 valence electrons. The first-order valence-corrected chi connectivity index (χ1v) is 8.26. The number of aliphatic hydroxyl groups excluding tert-OH is 1. The van der Waals surface area contributed by atoms with Crippen LogP contribution in [-0.4, -0.2) is 34.7 Å². The first-order valence-electron chi connectivity index (χ1n) is 7.44. The van der Waals surface area contributed by atoms with Gasteiger partial charge < -0.3 is 21.5 Å². The van der Waals surface area contributed by atoms with Crippen molar-refractivity contribution in [1.29, 1.82) is 0 Å². The third-order valence-corrected chi connectivity index (χ3v) is 4.64. The predicted molar refractivity (Wildman–Crippen MR) is 85.6 cm³/mol. The molecule has 1 saturated carbocycles. The van der Waals surface area contributed by atoms with Gasteiger partial charge in [-0.2, -0.15) is 0 Å². The van der Waals surface area contributed by atoms with Crippen LogP contribution in [0.2, 0.25) is 0 Å². The van der Waals surface area contributed by atoms with E-state index in [-0.39, 0.29) is 23.9 Å². The summed E-state index contributed by atoms with van der Waals surface area (Å²) in [5, 5.41) is 16.2. The van der Waals surface area contributed by atoms with E-state index >= 15 is 0 Å². The second kappa shape index (κ2) is 7.09. The van der Waals surface area contributed by atoms with E-state index in [4.69, 9.17) is 5.73 Å². The highest BCUT2D eigenvalue weighted by molar-refractivity contribution is 7.18. The van der Waals surface area contributed by atoms with Gasteiger partial charge in [-0.1, -0.05) is 11.3 Å². The van der Waals surface area contributed by atoms with Crippen molar-refractivity contribution in [3.8, 4) is 0 Å². The molecule has 0 bridgehead atoms. The number of thiazole rings is 1. The largest absolute Gasteiger partial charge is 0.393 e. The van der Waals surface area contributed by atoms with Gasteiger partial charge in [0.15, 0.2) is 5.13 Å². The van der Waals surface area contributed by atoms with E-state index in [1.54, 1.807) is 0 Å². The molecule has 21 heavy (non-hydrogen) atoms. The van der Waals surface area contributed by atoms with Gasteiger partial charge in [-0.3, -0.25) is 4.79 Å². The maximum Gasteiger partial charge on any atom is 0.265 e. The minimum absolute atomic E-state index is 0.159. The van der Waals surface area contributed by atoms with Crippen LogP contribution in [0.15, 0.2) is 0 Å². The Morgan fingerprint density at radius 3 is 2.71 bits per heavy atom. The third kappa shape index (κ3) is 4.57. The molecule has 2 rings (SSSR count). The number of anilines is 2. The molecule has 1 aromatic rings. The van der Waals surface area contributed by atoms with Gasteiger partial charge in [0, 0.05) is 12.6 Å². The fourth-order valence-electron chi connectivity index (χ4n) is 2.47. The molecule has 0 aromatic carbocycles. The van der Waals surface area contributed by atoms with Crippen LogP contribution in [0, 0.1) is 5.92 Å². The smallest absolute Gasteiger partial charge is 0.265 e. The van der Waals surface area contributed by atoms with Crippen molar-refractivity contribution in [2.24, 2.45) is 5.92 Å². The molecule has 0 saturated heterocycles. The number of nitrogens with one attached hydrogen (secondary N) is 2. The number of carbonyl (C=O) groups is 1. The van der Waals surface area contributed by atoms with Gasteiger partial charge in [0.25, 0.3) is 5.91 Å². The van der Waals surface area contributed by atoms with Crippen molar-refractivity contribution in [1.82, 2.24) is 10.3 Å². The third-order valence-electron chi connectivity index (χ3n) is 3.64. The lowest BCUT2D eigenvalue weighted by molar-refractivity contribution is 0.0914. The van der Waals surface area contributed by atoms with Crippen LogP contribution in [0.1, 0.15) is 49.2 Å². The van der Waals surface area contributed by atoms with Gasteiger partial charge in [0.2, 0.25) is 0 Å². The fourth-order valence-corrected chi connectivity index (χ4v) is 3.42. The van der Waals surface area contributed by atoms with Crippen LogP contribution in [0.5, 0.6) is 0 Å². The number of nitrogen functional groups attached to an aromatic ring is 1. The zero-order valence-electron chi connectivity index (χ0n) is 12.6. The molecule has 0 aliphatic heterocycles. The summed E-state index contributed by atoms with van der Waals surface area (Å²) in [5.74, 6) is 0.562. The SMILES string of the molecule is CC(C)Nc1nc(N)c(C(=O)NCC2CCC(O)CC2)s1. The first kappa shape index (κ1) is 16.0. The quantitative estimate of drug-likeness (QED) is 0.664. The topological polar surface area (TPSA) is 100 Å². The zero-order valence-corrected chi connectivity index (χ0v) is 13.4. The van der Waals surface area contributed by atoms with E-state index in [0.29, 0.717) is 22.5 Å². The van der Waals surface area contributed by atoms with Gasteiger partial charge in [-0.15, -0.1) is 0 Å². The highest BCUT2D eigenvalue weighted by Crippen LogP contribution is 2.26. The Balaban J connectivity index is 1.87. The molecule has 1 aliphatic rings. The maximum absolute atomic E-state index is 12.2. The molecule has 0 radical (unpaired) electrons. The Labute approximate surface area is 129 Å². The normalized spacial score (nSPS) is 22.3. The number of aromatic nitrogens is 1. The summed E-state index contributed by atoms with van der Waals surface area (Å²) >= 11 is 1.28. The lowest BCUT2D eigenvalue weighted by atomic mass is 9.87. The molecule has 0 atom stereocenters. The number of hydrogen-bond donors (Lipinski definition) is 4. The zero-order chi connectivity index (χ0) is 15.4. The highest BCUT2D eigenvalue weighted by Gasteiger charge is 2.21. The van der Waals surface area contributed by atoms with E-state index in [1.165, 1.54) is 11.3 Å². The average Bonchev–Trinajstić information content (AvgIpc) is 2.77. The van der Waals surface area contributed by atoms with Crippen LogP contribution >= 0.6 is 11.3 Å². The Hall–Kier alpha value is -1.34. The maximum atomic E-state index is 12.2. The minimum atomic E-state index is -0.168. The van der Waals surface area contributed by atoms with Gasteiger partial charge in [0.05, 0.1) is 6.10 Å². The second-order valence-electron chi connectivity index (χ2n) is 5.92. The molecule has 6 nitrogen and oxygen atoms in total. The van der Waals surface area contributed by atoms with Crippen molar-refractivity contribution in [3.63, 3.8) is 0 Å². The monoisotopic (exact) mass is 312 g/mol. The fraction of sp³-hybridized carbons (Fsp3) is 0.714. The summed E-state index contributed by atoms with van der Waals surface area (Å²) in [6.45, 7) is 4.65. The van der Waals surface area contributed by atoms with Gasteiger partial charge in [-0.25, -0.2) is 4.98 Å². The molecule has 1 aliphatic carbocycles. The Kier molecular flexibility index (Phi) is 5.41. The van der Waals surface area contributed by atoms with Crippen LogP contribution in [0.3, 0.4) is 0 Å². The molecular formula is C14H24N4O2S. The second-order valence-corrected chi connectivity index (χ2v) is 6.92. The molecule has 1 heterocycles. The lowest BCUT2D eigenvalue weighted by Gasteiger charge is -2.25. The number of hydrogen-bond acceptors (Lipinski definition) is 6. The number of rotatable bonds is 5. The molecule has 1 aromatic heterocycles. The first-order chi connectivity index (χ1) is 9.95. The Morgan fingerprint density at radius 2 is 2.10 bits per heavy atom. The summed E-state index contributed by atoms with van der Waals surface area (Å²) in [7, 11) is 0. The Morgan fingerprint density at radius 1 is 1.43 bits per heavy atom. The van der Waals surface area contributed by atoms with E-state index in [0.717, 1.165) is 25.7 Å². The van der Waals surface area contributed by atoms with E-state index in [1.807, 2.05) is 13.8 Å². The molecule has 1 amide bonds. The van der Waals surface area contributed by atoms with Gasteiger partial charge in [-0.05, 0) is 45.4 Å². The van der Waals surface area contributed by atoms with Gasteiger partial charge in [0.1, 0.15) is 10.7 Å². The summed E-state index contributed by atoms with van der Waals surface area (Å²) in [4.78, 5) is 16.8. The Bertz CT molecular complexity index is 481. The van der Waals surface area contributed by atoms with E-state index in [9.17, 15) is 9.90 Å². The number of nitrogens with two attached hydrogens (primary N) is 1. The molecule has 1 fully saturated rings. The number of nitrogens with zero attached hydrogens (tertiary/aromatic N) is 1. The minimum Gasteiger partial charge on any atom is -0.393 e. The predicted octanol–water partition coefficient (Wildman–Crippen LogP) is 1.83. The summed E-state index contributed by atoms with van der Waals surface area (Å²) in [5.41, 5.74) is 5.81. The molecular weight excluding hydrogens is 288 g/mol. The van der Waals surface area contributed by atoms with Crippen molar-refractivity contribution < 1.29 is 9.90 Å². The van der Waals surface area contributed by atoms with Crippen LogP contribution in [0.25, 0.3) is 0 Å². The number of aliphatic hydroxyl groups is 1. The summed E-state index contributed by atoms with van der Waals surface area (Å²) in [6, 6.07) is 0.250. The molecule has 5 N–H and O–H groups in total. The van der Waals surface area contributed by atoms with Crippen LogP contribution in [-0.2, 0) is 0 Å². The summed E-state index contributed by atoms with van der Waals surface area (Å²) < 4.78 is 0. The van der Waals surface area contributed by atoms with Crippen LogP contribution in [0.4, 0.5) is 10.9 Å². The van der Waals surface area contributed by atoms with E-state index < -0.39 is 0 Å². The molecule has 0 unspecified atom stereocenters. The summed E-state index contributed by atoms with van der Waals surface area (Å²) in [6.07, 6.45) is 3.40. The van der Waals surface area contributed by atoms with Crippen molar-refractivity contribution in [2.45, 2.75) is 51.7 Å². The van der Waals surface area contributed by atoms with Crippen molar-refractivity contribution in [3.05, 3.63) is 4.88 Å². The number of amides is 1. The number of carbonyl (C=O) groups excluding carboxylic acids is 1. The van der Waals surface area contributed by atoms with Crippen molar-refractivity contribution in [2.75, 3.05) is 17.6 Å². The lowest BCUT2D eigenvalue weighted by Crippen LogP contribution is -2.32. The standard InChI is InChI=1S/C14H24N4O2S/c1-8(2)17-14-18-12(15)11(21-14)13(20)16-7-9-3-5-10(19)6-4-9/h8-10,19H,3-7,15H2,1-2H3,(H,16,20)(H,17,18). The van der Waals surface area contributed by atoms with Crippen LogP contribution < -0.4 is 16.4 Å². The highest BCUT2D eigenvalue weighted by atomic mass is 32.1. The molecule has 0 spiro atoms. The van der Waals surface area contributed by atoms with Gasteiger partial charge >= 0.3 is 0 Å². The van der Waals surface area contributed by atoms with Crippen molar-refractivity contribution >= 4 is 28.2 Å². The average molecular weight is 312 g/mol. The molecule has 7 heteroatoms. The van der Waals surface area contributed by atoms with E-state index in [2.05, 4.69) is 15.6 Å².